The van der Waals surface area contributed by atoms with Crippen molar-refractivity contribution < 1.29 is 18.7 Å². The molecule has 2 rings (SSSR count). The summed E-state index contributed by atoms with van der Waals surface area (Å²) in [6.45, 7) is 0. The van der Waals surface area contributed by atoms with Crippen LogP contribution >= 0.6 is 0 Å². The number of hydrogen-bond donors (Lipinski definition) is 1. The first-order chi connectivity index (χ1) is 8.09. The Bertz CT molecular complexity index is 584. The molecule has 0 amide bonds. The summed E-state index contributed by atoms with van der Waals surface area (Å²) in [6.07, 6.45) is 2.39. The number of aromatic carboxylic acids is 1. The summed E-state index contributed by atoms with van der Waals surface area (Å²) in [4.78, 5) is 14.2. The van der Waals surface area contributed by atoms with Crippen molar-refractivity contribution in [2.75, 3.05) is 0 Å². The molecule has 0 fully saturated rings. The van der Waals surface area contributed by atoms with E-state index in [-0.39, 0.29) is 11.1 Å². The van der Waals surface area contributed by atoms with Gasteiger partial charge in [-0.2, -0.15) is 0 Å². The van der Waals surface area contributed by atoms with E-state index in [1.165, 1.54) is 18.3 Å². The second-order valence-electron chi connectivity index (χ2n) is 3.36. The highest BCUT2D eigenvalue weighted by atomic mass is 19.1. The molecule has 0 aliphatic heterocycles. The van der Waals surface area contributed by atoms with Gasteiger partial charge in [-0.25, -0.2) is 13.6 Å². The van der Waals surface area contributed by atoms with E-state index in [2.05, 4.69) is 4.98 Å². The van der Waals surface area contributed by atoms with Gasteiger partial charge in [-0.3, -0.25) is 4.98 Å². The fraction of sp³-hybridized carbons (Fsp3) is 0. The smallest absolute Gasteiger partial charge is 0.338 e. The number of nitrogens with zero attached hydrogens (tertiary/aromatic N) is 1. The van der Waals surface area contributed by atoms with Gasteiger partial charge in [-0.1, -0.05) is 6.07 Å². The zero-order valence-electron chi connectivity index (χ0n) is 8.52. The Hall–Kier alpha value is -2.30. The zero-order valence-corrected chi connectivity index (χ0v) is 8.52. The summed E-state index contributed by atoms with van der Waals surface area (Å²) in [7, 11) is 0. The summed E-state index contributed by atoms with van der Waals surface area (Å²) in [5, 5.41) is 8.66. The van der Waals surface area contributed by atoms with Crippen molar-refractivity contribution in [3.63, 3.8) is 0 Å². The topological polar surface area (TPSA) is 50.2 Å². The van der Waals surface area contributed by atoms with E-state index in [4.69, 9.17) is 5.11 Å². The third-order valence-corrected chi connectivity index (χ3v) is 2.28. The molecule has 0 saturated carbocycles. The van der Waals surface area contributed by atoms with Crippen molar-refractivity contribution >= 4 is 5.97 Å². The second kappa shape index (κ2) is 4.29. The first-order valence-electron chi connectivity index (χ1n) is 4.72. The maximum Gasteiger partial charge on any atom is 0.338 e. The molecule has 0 spiro atoms. The number of rotatable bonds is 2. The third kappa shape index (κ3) is 2.13. The van der Waals surface area contributed by atoms with Gasteiger partial charge in [0, 0.05) is 11.8 Å². The maximum atomic E-state index is 13.4. The highest BCUT2D eigenvalue weighted by Gasteiger charge is 2.12. The van der Waals surface area contributed by atoms with E-state index >= 15 is 0 Å². The van der Waals surface area contributed by atoms with Gasteiger partial charge in [0.05, 0.1) is 11.8 Å². The predicted molar refractivity (Wildman–Crippen MR) is 56.5 cm³/mol. The van der Waals surface area contributed by atoms with Gasteiger partial charge in [0.25, 0.3) is 0 Å². The number of halogens is 2. The van der Waals surface area contributed by atoms with Crippen molar-refractivity contribution in [3.8, 4) is 11.1 Å². The number of aromatic nitrogens is 1. The molecule has 0 atom stereocenters. The minimum absolute atomic E-state index is 0.177. The van der Waals surface area contributed by atoms with Crippen LogP contribution in [0.3, 0.4) is 0 Å². The second-order valence-corrected chi connectivity index (χ2v) is 3.36. The van der Waals surface area contributed by atoms with Crippen LogP contribution in [0.2, 0.25) is 0 Å². The van der Waals surface area contributed by atoms with Crippen molar-refractivity contribution in [3.05, 3.63) is 53.9 Å². The summed E-state index contributed by atoms with van der Waals surface area (Å²) in [6, 6.07) is 4.84. The number of carbonyl (C=O) groups is 1. The van der Waals surface area contributed by atoms with E-state index in [1.807, 2.05) is 0 Å². The van der Waals surface area contributed by atoms with E-state index in [9.17, 15) is 13.6 Å². The average molecular weight is 235 g/mol. The van der Waals surface area contributed by atoms with Crippen molar-refractivity contribution in [1.29, 1.82) is 0 Å². The molecule has 2 aromatic rings. The Morgan fingerprint density at radius 2 is 1.94 bits per heavy atom. The lowest BCUT2D eigenvalue weighted by atomic mass is 10.0. The van der Waals surface area contributed by atoms with Crippen molar-refractivity contribution in [1.82, 2.24) is 4.98 Å². The molecule has 0 unspecified atom stereocenters. The van der Waals surface area contributed by atoms with Gasteiger partial charge in [-0.15, -0.1) is 0 Å². The van der Waals surface area contributed by atoms with E-state index in [0.717, 1.165) is 18.3 Å². The monoisotopic (exact) mass is 235 g/mol. The summed E-state index contributed by atoms with van der Waals surface area (Å²) >= 11 is 0. The van der Waals surface area contributed by atoms with Gasteiger partial charge < -0.3 is 5.11 Å². The molecule has 1 N–H and O–H groups in total. The SMILES string of the molecule is O=C(O)c1ccc(-c2ccncc2F)cc1F. The first-order valence-corrected chi connectivity index (χ1v) is 4.72. The highest BCUT2D eigenvalue weighted by Crippen LogP contribution is 2.23. The number of carboxylic acids is 1. The third-order valence-electron chi connectivity index (χ3n) is 2.28. The molecule has 0 saturated heterocycles. The van der Waals surface area contributed by atoms with Gasteiger partial charge in [0.2, 0.25) is 0 Å². The molecule has 0 radical (unpaired) electrons. The molecule has 1 heterocycles. The molecule has 3 nitrogen and oxygen atoms in total. The van der Waals surface area contributed by atoms with E-state index < -0.39 is 23.2 Å². The number of carboxylic acid groups (broad SMARTS) is 1. The zero-order chi connectivity index (χ0) is 12.4. The van der Waals surface area contributed by atoms with Gasteiger partial charge in [0.1, 0.15) is 11.6 Å². The number of hydrogen-bond acceptors (Lipinski definition) is 2. The Morgan fingerprint density at radius 1 is 1.18 bits per heavy atom. The minimum atomic E-state index is -1.36. The van der Waals surface area contributed by atoms with E-state index in [0.29, 0.717) is 0 Å². The number of pyridine rings is 1. The molecule has 86 valence electrons. The van der Waals surface area contributed by atoms with Crippen LogP contribution in [0.15, 0.2) is 36.7 Å². The fourth-order valence-electron chi connectivity index (χ4n) is 1.47. The summed E-state index contributed by atoms with van der Waals surface area (Å²) in [5.41, 5.74) is 0.00598. The van der Waals surface area contributed by atoms with Crippen LogP contribution in [0.1, 0.15) is 10.4 Å². The van der Waals surface area contributed by atoms with Gasteiger partial charge >= 0.3 is 5.97 Å². The molecule has 0 aliphatic rings. The lowest BCUT2D eigenvalue weighted by molar-refractivity contribution is 0.0692. The molecule has 1 aromatic heterocycles. The molecule has 0 aliphatic carbocycles. The standard InChI is InChI=1S/C12H7F2NO2/c13-10-5-7(1-2-9(10)12(16)17)8-3-4-15-6-11(8)14/h1-6H,(H,16,17). The largest absolute Gasteiger partial charge is 0.478 e. The maximum absolute atomic E-state index is 13.4. The first kappa shape index (κ1) is 11.2. The van der Waals surface area contributed by atoms with Gasteiger partial charge in [0.15, 0.2) is 0 Å². The van der Waals surface area contributed by atoms with E-state index in [1.54, 1.807) is 0 Å². The predicted octanol–water partition coefficient (Wildman–Crippen LogP) is 2.73. The van der Waals surface area contributed by atoms with Crippen molar-refractivity contribution in [2.24, 2.45) is 0 Å². The lowest BCUT2D eigenvalue weighted by Gasteiger charge is -2.04. The van der Waals surface area contributed by atoms with Gasteiger partial charge in [-0.05, 0) is 23.8 Å². The van der Waals surface area contributed by atoms with Crippen molar-refractivity contribution in [2.45, 2.75) is 0 Å². The van der Waals surface area contributed by atoms with Crippen LogP contribution in [-0.4, -0.2) is 16.1 Å². The molecule has 0 bridgehead atoms. The van der Waals surface area contributed by atoms with Crippen LogP contribution in [0.5, 0.6) is 0 Å². The molecular formula is C12H7F2NO2. The Labute approximate surface area is 95.4 Å². The van der Waals surface area contributed by atoms with Crippen LogP contribution < -0.4 is 0 Å². The minimum Gasteiger partial charge on any atom is -0.478 e. The molecule has 1 aromatic carbocycles. The normalized spacial score (nSPS) is 10.2. The Balaban J connectivity index is 2.52. The fourth-order valence-corrected chi connectivity index (χ4v) is 1.47. The molecule has 17 heavy (non-hydrogen) atoms. The lowest BCUT2D eigenvalue weighted by Crippen LogP contribution is -2.00. The summed E-state index contributed by atoms with van der Waals surface area (Å²) < 4.78 is 26.8. The quantitative estimate of drug-likeness (QED) is 0.870. The summed E-state index contributed by atoms with van der Waals surface area (Å²) in [5.74, 6) is -2.84. The Kier molecular flexibility index (Phi) is 2.82. The van der Waals surface area contributed by atoms with Crippen LogP contribution in [0.4, 0.5) is 8.78 Å². The molecular weight excluding hydrogens is 228 g/mol. The molecule has 5 heteroatoms. The highest BCUT2D eigenvalue weighted by molar-refractivity contribution is 5.88. The van der Waals surface area contributed by atoms with Crippen LogP contribution in [0.25, 0.3) is 11.1 Å². The van der Waals surface area contributed by atoms with Crippen LogP contribution in [0, 0.1) is 11.6 Å². The Morgan fingerprint density at radius 3 is 2.53 bits per heavy atom. The number of benzene rings is 1. The average Bonchev–Trinajstić information content (AvgIpc) is 2.29. The van der Waals surface area contributed by atoms with Crippen LogP contribution in [-0.2, 0) is 0 Å².